The van der Waals surface area contributed by atoms with Crippen LogP contribution < -0.4 is 0 Å². The van der Waals surface area contributed by atoms with Crippen LogP contribution in [0.25, 0.3) is 0 Å². The van der Waals surface area contributed by atoms with E-state index >= 15 is 0 Å². The molecule has 1 unspecified atom stereocenters. The molecule has 1 aromatic carbocycles. The molecule has 1 aliphatic heterocycles. The van der Waals surface area contributed by atoms with E-state index < -0.39 is 17.5 Å². The lowest BCUT2D eigenvalue weighted by Gasteiger charge is -2.25. The number of carbonyl (C=O) groups excluding carboxylic acids is 1. The molecule has 0 bridgehead atoms. The van der Waals surface area contributed by atoms with Crippen molar-refractivity contribution in [2.75, 3.05) is 13.2 Å². The predicted molar refractivity (Wildman–Crippen MR) is 71.7 cm³/mol. The van der Waals surface area contributed by atoms with Crippen LogP contribution in [0, 0.1) is 11.6 Å². The molecular formula is C14H16ClF2NO2. The number of likely N-dealkylation sites (tertiary alicyclic amines) is 1. The SMILES string of the molecule is O=C(c1cc(F)c(Cl)cc1F)N1CCCC1CCCO. The van der Waals surface area contributed by atoms with Gasteiger partial charge in [-0.3, -0.25) is 4.79 Å². The van der Waals surface area contributed by atoms with Crippen LogP contribution in [0.5, 0.6) is 0 Å². The maximum atomic E-state index is 13.8. The van der Waals surface area contributed by atoms with Crippen molar-refractivity contribution in [1.29, 1.82) is 0 Å². The third-order valence-corrected chi connectivity index (χ3v) is 3.86. The van der Waals surface area contributed by atoms with E-state index in [9.17, 15) is 13.6 Å². The molecule has 1 fully saturated rings. The van der Waals surface area contributed by atoms with E-state index in [0.29, 0.717) is 19.4 Å². The number of rotatable bonds is 4. The van der Waals surface area contributed by atoms with Gasteiger partial charge in [0.25, 0.3) is 5.91 Å². The number of halogens is 3. The average Bonchev–Trinajstić information content (AvgIpc) is 2.88. The summed E-state index contributed by atoms with van der Waals surface area (Å²) in [5, 5.41) is 8.52. The molecule has 0 spiro atoms. The molecule has 0 radical (unpaired) electrons. The van der Waals surface area contributed by atoms with E-state index in [1.165, 1.54) is 0 Å². The van der Waals surface area contributed by atoms with Gasteiger partial charge in [-0.2, -0.15) is 0 Å². The monoisotopic (exact) mass is 303 g/mol. The molecular weight excluding hydrogens is 288 g/mol. The van der Waals surface area contributed by atoms with Crippen molar-refractivity contribution in [2.45, 2.75) is 31.7 Å². The molecule has 1 N–H and O–H groups in total. The Kier molecular flexibility index (Phi) is 4.94. The lowest BCUT2D eigenvalue weighted by atomic mass is 10.1. The number of hydrogen-bond acceptors (Lipinski definition) is 2. The lowest BCUT2D eigenvalue weighted by molar-refractivity contribution is 0.0719. The number of carbonyl (C=O) groups is 1. The zero-order valence-corrected chi connectivity index (χ0v) is 11.7. The summed E-state index contributed by atoms with van der Waals surface area (Å²) >= 11 is 5.48. The first kappa shape index (κ1) is 15.2. The standard InChI is InChI=1S/C14H16ClF2NO2/c15-11-8-12(16)10(7-13(11)17)14(20)18-5-1-3-9(18)4-2-6-19/h7-9,19H,1-6H2. The van der Waals surface area contributed by atoms with Gasteiger partial charge in [0.15, 0.2) is 0 Å². The quantitative estimate of drug-likeness (QED) is 0.869. The Balaban J connectivity index is 2.20. The highest BCUT2D eigenvalue weighted by molar-refractivity contribution is 6.30. The van der Waals surface area contributed by atoms with Crippen LogP contribution in [0.1, 0.15) is 36.0 Å². The van der Waals surface area contributed by atoms with E-state index in [4.69, 9.17) is 16.7 Å². The Labute approximate surface area is 121 Å². The molecule has 110 valence electrons. The van der Waals surface area contributed by atoms with Crippen LogP contribution in [-0.2, 0) is 0 Å². The second-order valence-electron chi connectivity index (χ2n) is 4.91. The second-order valence-corrected chi connectivity index (χ2v) is 5.31. The largest absolute Gasteiger partial charge is 0.396 e. The number of aliphatic hydroxyl groups excluding tert-OH is 1. The van der Waals surface area contributed by atoms with E-state index in [2.05, 4.69) is 0 Å². The van der Waals surface area contributed by atoms with Gasteiger partial charge in [0, 0.05) is 19.2 Å². The summed E-state index contributed by atoms with van der Waals surface area (Å²) < 4.78 is 27.2. The van der Waals surface area contributed by atoms with E-state index in [1.807, 2.05) is 0 Å². The lowest BCUT2D eigenvalue weighted by Crippen LogP contribution is -2.36. The van der Waals surface area contributed by atoms with Gasteiger partial charge in [0.05, 0.1) is 10.6 Å². The van der Waals surface area contributed by atoms with Crippen LogP contribution in [0.15, 0.2) is 12.1 Å². The summed E-state index contributed by atoms with van der Waals surface area (Å²) in [7, 11) is 0. The van der Waals surface area contributed by atoms with E-state index in [1.54, 1.807) is 4.90 Å². The number of amides is 1. The molecule has 2 rings (SSSR count). The van der Waals surface area contributed by atoms with Crippen LogP contribution in [0.4, 0.5) is 8.78 Å². The molecule has 0 aromatic heterocycles. The van der Waals surface area contributed by atoms with Crippen molar-refractivity contribution >= 4 is 17.5 Å². The van der Waals surface area contributed by atoms with E-state index in [0.717, 1.165) is 25.0 Å². The van der Waals surface area contributed by atoms with Gasteiger partial charge in [-0.15, -0.1) is 0 Å². The van der Waals surface area contributed by atoms with Crippen molar-refractivity contribution in [2.24, 2.45) is 0 Å². The maximum absolute atomic E-state index is 13.8. The molecule has 1 saturated heterocycles. The van der Waals surface area contributed by atoms with Gasteiger partial charge in [0.2, 0.25) is 0 Å². The summed E-state index contributed by atoms with van der Waals surface area (Å²) in [5.41, 5.74) is -0.289. The highest BCUT2D eigenvalue weighted by Gasteiger charge is 2.30. The first-order valence-electron chi connectivity index (χ1n) is 6.61. The van der Waals surface area contributed by atoms with Crippen molar-refractivity contribution in [3.05, 3.63) is 34.4 Å². The third kappa shape index (κ3) is 3.10. The molecule has 1 atom stereocenters. The van der Waals surface area contributed by atoms with Gasteiger partial charge >= 0.3 is 0 Å². The Morgan fingerprint density at radius 3 is 2.85 bits per heavy atom. The van der Waals surface area contributed by atoms with Gasteiger partial charge in [-0.05, 0) is 37.8 Å². The zero-order valence-electron chi connectivity index (χ0n) is 10.9. The molecule has 0 aliphatic carbocycles. The number of benzene rings is 1. The molecule has 0 saturated carbocycles. The van der Waals surface area contributed by atoms with Gasteiger partial charge in [-0.25, -0.2) is 8.78 Å². The van der Waals surface area contributed by atoms with Crippen molar-refractivity contribution in [3.8, 4) is 0 Å². The number of nitrogens with zero attached hydrogens (tertiary/aromatic N) is 1. The summed E-state index contributed by atoms with van der Waals surface area (Å²) in [6.07, 6.45) is 2.91. The number of aliphatic hydroxyl groups is 1. The van der Waals surface area contributed by atoms with Crippen LogP contribution in [0.2, 0.25) is 5.02 Å². The normalized spacial score (nSPS) is 18.6. The topological polar surface area (TPSA) is 40.5 Å². The summed E-state index contributed by atoms with van der Waals surface area (Å²) in [6.45, 7) is 0.584. The molecule has 20 heavy (non-hydrogen) atoms. The molecule has 3 nitrogen and oxygen atoms in total. The van der Waals surface area contributed by atoms with Crippen LogP contribution in [0.3, 0.4) is 0 Å². The van der Waals surface area contributed by atoms with Crippen molar-refractivity contribution in [1.82, 2.24) is 4.90 Å². The molecule has 1 amide bonds. The molecule has 6 heteroatoms. The third-order valence-electron chi connectivity index (χ3n) is 3.57. The fourth-order valence-electron chi connectivity index (χ4n) is 2.57. The summed E-state index contributed by atoms with van der Waals surface area (Å²) in [4.78, 5) is 13.9. The Bertz CT molecular complexity index is 510. The first-order chi connectivity index (χ1) is 9.54. The molecule has 1 heterocycles. The fourth-order valence-corrected chi connectivity index (χ4v) is 2.72. The zero-order chi connectivity index (χ0) is 14.7. The minimum absolute atomic E-state index is 0.0206. The van der Waals surface area contributed by atoms with Gasteiger partial charge in [-0.1, -0.05) is 11.6 Å². The minimum Gasteiger partial charge on any atom is -0.396 e. The average molecular weight is 304 g/mol. The highest BCUT2D eigenvalue weighted by atomic mass is 35.5. The first-order valence-corrected chi connectivity index (χ1v) is 6.98. The Morgan fingerprint density at radius 1 is 1.40 bits per heavy atom. The predicted octanol–water partition coefficient (Wildman–Crippen LogP) is 3.00. The molecule has 1 aromatic rings. The van der Waals surface area contributed by atoms with Crippen LogP contribution >= 0.6 is 11.6 Å². The van der Waals surface area contributed by atoms with Gasteiger partial charge < -0.3 is 10.0 Å². The number of hydrogen-bond donors (Lipinski definition) is 1. The van der Waals surface area contributed by atoms with Gasteiger partial charge in [0.1, 0.15) is 11.6 Å². The smallest absolute Gasteiger partial charge is 0.257 e. The second kappa shape index (κ2) is 6.50. The Hall–Kier alpha value is -1.20. The van der Waals surface area contributed by atoms with Crippen molar-refractivity contribution in [3.63, 3.8) is 0 Å². The Morgan fingerprint density at radius 2 is 2.15 bits per heavy atom. The summed E-state index contributed by atoms with van der Waals surface area (Å²) in [5.74, 6) is -2.13. The highest BCUT2D eigenvalue weighted by Crippen LogP contribution is 2.26. The van der Waals surface area contributed by atoms with E-state index in [-0.39, 0.29) is 23.2 Å². The minimum atomic E-state index is -0.811. The van der Waals surface area contributed by atoms with Crippen LogP contribution in [-0.4, -0.2) is 35.1 Å². The fraction of sp³-hybridized carbons (Fsp3) is 0.500. The summed E-state index contributed by atoms with van der Waals surface area (Å²) in [6, 6.07) is 1.65. The van der Waals surface area contributed by atoms with Crippen molar-refractivity contribution < 1.29 is 18.7 Å². The molecule has 1 aliphatic rings. The maximum Gasteiger partial charge on any atom is 0.257 e.